The molecule has 1 heterocycles. The summed E-state index contributed by atoms with van der Waals surface area (Å²) in [6, 6.07) is 7.83. The van der Waals surface area contributed by atoms with Crippen LogP contribution in [0.1, 0.15) is 13.8 Å². The number of aromatic nitrogens is 3. The highest BCUT2D eigenvalue weighted by atomic mass is 32.2. The van der Waals surface area contributed by atoms with Crippen LogP contribution in [0.2, 0.25) is 0 Å². The van der Waals surface area contributed by atoms with Crippen molar-refractivity contribution in [2.75, 3.05) is 12.8 Å². The lowest BCUT2D eigenvalue weighted by Crippen LogP contribution is -2.10. The maximum absolute atomic E-state index is 5.66. The molecule has 2 aromatic rings. The SMILES string of the molecule is COc1ccc(Sc2nc(N)nc(OC(C)C)n2)cc1. The van der Waals surface area contributed by atoms with Crippen molar-refractivity contribution in [1.29, 1.82) is 0 Å². The van der Waals surface area contributed by atoms with Gasteiger partial charge in [0.2, 0.25) is 11.1 Å². The van der Waals surface area contributed by atoms with Crippen LogP contribution in [0.15, 0.2) is 34.3 Å². The van der Waals surface area contributed by atoms with Crippen molar-refractivity contribution >= 4 is 17.7 Å². The zero-order chi connectivity index (χ0) is 14.5. The number of methoxy groups -OCH3 is 1. The number of rotatable bonds is 5. The Bertz CT molecular complexity index is 575. The number of nitrogens with zero attached hydrogens (tertiary/aromatic N) is 3. The molecule has 0 saturated heterocycles. The molecule has 0 aliphatic heterocycles. The summed E-state index contributed by atoms with van der Waals surface area (Å²) in [5.41, 5.74) is 5.66. The van der Waals surface area contributed by atoms with Gasteiger partial charge >= 0.3 is 6.01 Å². The first-order valence-electron chi connectivity index (χ1n) is 6.07. The Balaban J connectivity index is 2.17. The summed E-state index contributed by atoms with van der Waals surface area (Å²) >= 11 is 1.38. The van der Waals surface area contributed by atoms with Gasteiger partial charge in [-0.2, -0.15) is 15.0 Å². The Labute approximate surface area is 121 Å². The molecule has 0 unspecified atom stereocenters. The number of benzene rings is 1. The van der Waals surface area contributed by atoms with E-state index in [1.165, 1.54) is 11.8 Å². The van der Waals surface area contributed by atoms with E-state index in [-0.39, 0.29) is 18.1 Å². The number of hydrogen-bond acceptors (Lipinski definition) is 7. The Morgan fingerprint density at radius 3 is 2.40 bits per heavy atom. The molecule has 0 aliphatic carbocycles. The first-order chi connectivity index (χ1) is 9.56. The van der Waals surface area contributed by atoms with Crippen molar-refractivity contribution < 1.29 is 9.47 Å². The van der Waals surface area contributed by atoms with Gasteiger partial charge in [0.15, 0.2) is 0 Å². The molecule has 1 aromatic heterocycles. The summed E-state index contributed by atoms with van der Waals surface area (Å²) in [6.45, 7) is 3.80. The van der Waals surface area contributed by atoms with Crippen LogP contribution >= 0.6 is 11.8 Å². The summed E-state index contributed by atoms with van der Waals surface area (Å²) in [5, 5.41) is 0.498. The Hall–Kier alpha value is -2.02. The summed E-state index contributed by atoms with van der Waals surface area (Å²) in [4.78, 5) is 13.2. The molecule has 0 aliphatic rings. The third-order valence-corrected chi connectivity index (χ3v) is 3.09. The van der Waals surface area contributed by atoms with Gasteiger partial charge in [-0.15, -0.1) is 0 Å². The largest absolute Gasteiger partial charge is 0.497 e. The average Bonchev–Trinajstić information content (AvgIpc) is 2.38. The second kappa shape index (κ2) is 6.42. The molecule has 106 valence electrons. The Morgan fingerprint density at radius 1 is 1.10 bits per heavy atom. The van der Waals surface area contributed by atoms with Gasteiger partial charge in [-0.3, -0.25) is 0 Å². The topological polar surface area (TPSA) is 83.2 Å². The van der Waals surface area contributed by atoms with Crippen molar-refractivity contribution in [3.8, 4) is 11.8 Å². The Kier molecular flexibility index (Phi) is 4.62. The first kappa shape index (κ1) is 14.4. The maximum atomic E-state index is 5.66. The minimum absolute atomic E-state index is 0.0179. The van der Waals surface area contributed by atoms with Crippen molar-refractivity contribution in [3.63, 3.8) is 0 Å². The molecule has 1 aromatic carbocycles. The van der Waals surface area contributed by atoms with E-state index in [1.54, 1.807) is 7.11 Å². The van der Waals surface area contributed by atoms with Crippen LogP contribution in [-0.2, 0) is 0 Å². The monoisotopic (exact) mass is 292 g/mol. The van der Waals surface area contributed by atoms with Crippen LogP contribution in [0.4, 0.5) is 5.95 Å². The Morgan fingerprint density at radius 2 is 1.80 bits per heavy atom. The zero-order valence-electron chi connectivity index (χ0n) is 11.5. The number of nitrogen functional groups attached to an aromatic ring is 1. The van der Waals surface area contributed by atoms with E-state index in [0.717, 1.165) is 10.6 Å². The normalized spacial score (nSPS) is 10.6. The van der Waals surface area contributed by atoms with E-state index in [2.05, 4.69) is 15.0 Å². The highest BCUT2D eigenvalue weighted by Gasteiger charge is 2.08. The number of hydrogen-bond donors (Lipinski definition) is 1. The molecule has 2 rings (SSSR count). The van der Waals surface area contributed by atoms with Gasteiger partial charge in [0.1, 0.15) is 5.75 Å². The minimum Gasteiger partial charge on any atom is -0.497 e. The predicted molar refractivity (Wildman–Crippen MR) is 77.1 cm³/mol. The molecule has 0 saturated carbocycles. The lowest BCUT2D eigenvalue weighted by Gasteiger charge is -2.08. The molecule has 0 bridgehead atoms. The molecule has 0 spiro atoms. The van der Waals surface area contributed by atoms with Gasteiger partial charge in [-0.05, 0) is 49.9 Å². The summed E-state index contributed by atoms with van der Waals surface area (Å²) < 4.78 is 10.5. The molecule has 0 amide bonds. The number of nitrogens with two attached hydrogens (primary N) is 1. The van der Waals surface area contributed by atoms with E-state index in [1.807, 2.05) is 38.1 Å². The fraction of sp³-hybridized carbons (Fsp3) is 0.308. The lowest BCUT2D eigenvalue weighted by atomic mass is 10.3. The van der Waals surface area contributed by atoms with E-state index < -0.39 is 0 Å². The van der Waals surface area contributed by atoms with Crippen LogP contribution in [0.25, 0.3) is 0 Å². The fourth-order valence-corrected chi connectivity index (χ4v) is 2.16. The first-order valence-corrected chi connectivity index (χ1v) is 6.88. The second-order valence-electron chi connectivity index (χ2n) is 4.20. The van der Waals surface area contributed by atoms with Crippen LogP contribution in [0, 0.1) is 0 Å². The van der Waals surface area contributed by atoms with E-state index >= 15 is 0 Å². The lowest BCUT2D eigenvalue weighted by molar-refractivity contribution is 0.219. The van der Waals surface area contributed by atoms with Gasteiger partial charge in [0, 0.05) is 4.90 Å². The van der Waals surface area contributed by atoms with Gasteiger partial charge in [0.05, 0.1) is 13.2 Å². The number of ether oxygens (including phenoxy) is 2. The number of anilines is 1. The second-order valence-corrected chi connectivity index (χ2v) is 5.24. The van der Waals surface area contributed by atoms with Crippen LogP contribution in [0.3, 0.4) is 0 Å². The summed E-state index contributed by atoms with van der Waals surface area (Å²) in [6.07, 6.45) is -0.0179. The summed E-state index contributed by atoms with van der Waals surface area (Å²) in [5.74, 6) is 0.944. The summed E-state index contributed by atoms with van der Waals surface area (Å²) in [7, 11) is 1.63. The maximum Gasteiger partial charge on any atom is 0.322 e. The molecular weight excluding hydrogens is 276 g/mol. The van der Waals surface area contributed by atoms with Crippen molar-refractivity contribution in [1.82, 2.24) is 15.0 Å². The van der Waals surface area contributed by atoms with Crippen LogP contribution in [0.5, 0.6) is 11.8 Å². The molecule has 0 radical (unpaired) electrons. The predicted octanol–water partition coefficient (Wildman–Crippen LogP) is 2.40. The molecule has 6 nitrogen and oxygen atoms in total. The van der Waals surface area contributed by atoms with Crippen LogP contribution in [-0.4, -0.2) is 28.2 Å². The highest BCUT2D eigenvalue weighted by molar-refractivity contribution is 7.99. The van der Waals surface area contributed by atoms with Gasteiger partial charge in [-0.1, -0.05) is 0 Å². The molecule has 0 fully saturated rings. The zero-order valence-corrected chi connectivity index (χ0v) is 12.3. The average molecular weight is 292 g/mol. The quantitative estimate of drug-likeness (QED) is 0.905. The van der Waals surface area contributed by atoms with E-state index in [0.29, 0.717) is 5.16 Å². The van der Waals surface area contributed by atoms with Crippen molar-refractivity contribution in [3.05, 3.63) is 24.3 Å². The molecule has 20 heavy (non-hydrogen) atoms. The molecule has 0 atom stereocenters. The fourth-order valence-electron chi connectivity index (χ4n) is 1.41. The van der Waals surface area contributed by atoms with Gasteiger partial charge < -0.3 is 15.2 Å². The molecule has 2 N–H and O–H groups in total. The van der Waals surface area contributed by atoms with E-state index in [9.17, 15) is 0 Å². The van der Waals surface area contributed by atoms with Gasteiger partial charge in [0.25, 0.3) is 0 Å². The minimum atomic E-state index is -0.0179. The van der Waals surface area contributed by atoms with Crippen molar-refractivity contribution in [2.24, 2.45) is 0 Å². The van der Waals surface area contributed by atoms with Crippen molar-refractivity contribution in [2.45, 2.75) is 30.0 Å². The third kappa shape index (κ3) is 3.99. The molecular formula is C13H16N4O2S. The smallest absolute Gasteiger partial charge is 0.322 e. The third-order valence-electron chi connectivity index (χ3n) is 2.22. The highest BCUT2D eigenvalue weighted by Crippen LogP contribution is 2.27. The standard InChI is InChI=1S/C13H16N4O2S/c1-8(2)19-12-15-11(14)16-13(17-12)20-10-6-4-9(18-3)5-7-10/h4-8H,1-3H3,(H2,14,15,16,17). The van der Waals surface area contributed by atoms with Crippen LogP contribution < -0.4 is 15.2 Å². The van der Waals surface area contributed by atoms with E-state index in [4.69, 9.17) is 15.2 Å². The molecule has 7 heteroatoms. The van der Waals surface area contributed by atoms with Gasteiger partial charge in [-0.25, -0.2) is 0 Å².